The topological polar surface area (TPSA) is 42.4 Å². The first kappa shape index (κ1) is 12.4. The van der Waals surface area contributed by atoms with E-state index in [2.05, 4.69) is 4.98 Å². The highest BCUT2D eigenvalue weighted by Crippen LogP contribution is 2.28. The number of ether oxygens (including phenoxy) is 1. The quantitative estimate of drug-likeness (QED) is 0.925. The molecule has 2 aromatic rings. The van der Waals surface area contributed by atoms with Gasteiger partial charge in [0.05, 0.1) is 21.5 Å². The van der Waals surface area contributed by atoms with Gasteiger partial charge in [-0.1, -0.05) is 17.7 Å². The van der Waals surface area contributed by atoms with Gasteiger partial charge < -0.3 is 9.84 Å². The van der Waals surface area contributed by atoms with Crippen molar-refractivity contribution in [3.63, 3.8) is 0 Å². The maximum atomic E-state index is 9.41. The molecule has 1 heterocycles. The molecule has 0 amide bonds. The summed E-state index contributed by atoms with van der Waals surface area (Å²) in [6, 6.07) is 5.29. The predicted molar refractivity (Wildman–Crippen MR) is 68.5 cm³/mol. The van der Waals surface area contributed by atoms with Crippen molar-refractivity contribution in [2.45, 2.75) is 19.6 Å². The standard InChI is InChI=1S/C12H12ClNO2S/c1-8(15)9-2-3-12(11(13)4-9)16-6-10-5-14-7-17-10/h2-5,7-8,15H,6H2,1H3/t8-/m1/s1. The molecule has 0 saturated carbocycles. The Balaban J connectivity index is 2.06. The summed E-state index contributed by atoms with van der Waals surface area (Å²) in [5.74, 6) is 0.615. The molecule has 0 unspecified atom stereocenters. The Hall–Kier alpha value is -1.10. The highest BCUT2D eigenvalue weighted by molar-refractivity contribution is 7.09. The summed E-state index contributed by atoms with van der Waals surface area (Å²) < 4.78 is 5.57. The van der Waals surface area contributed by atoms with E-state index in [0.717, 1.165) is 10.4 Å². The molecule has 90 valence electrons. The van der Waals surface area contributed by atoms with E-state index in [-0.39, 0.29) is 0 Å². The molecule has 1 aromatic carbocycles. The number of aromatic nitrogens is 1. The van der Waals surface area contributed by atoms with Crippen molar-refractivity contribution in [3.8, 4) is 5.75 Å². The van der Waals surface area contributed by atoms with Crippen LogP contribution in [0.1, 0.15) is 23.5 Å². The summed E-state index contributed by atoms with van der Waals surface area (Å²) in [5.41, 5.74) is 2.54. The van der Waals surface area contributed by atoms with Crippen LogP contribution in [0, 0.1) is 0 Å². The number of hydrogen-bond acceptors (Lipinski definition) is 4. The number of rotatable bonds is 4. The predicted octanol–water partition coefficient (Wildman–Crippen LogP) is 3.43. The molecule has 0 saturated heterocycles. The fourth-order valence-corrected chi connectivity index (χ4v) is 2.11. The Kier molecular flexibility index (Phi) is 3.99. The number of nitrogens with zero attached hydrogens (tertiary/aromatic N) is 1. The van der Waals surface area contributed by atoms with Crippen LogP contribution < -0.4 is 4.74 Å². The highest BCUT2D eigenvalue weighted by atomic mass is 35.5. The molecule has 17 heavy (non-hydrogen) atoms. The second-order valence-electron chi connectivity index (χ2n) is 3.62. The Morgan fingerprint density at radius 1 is 1.53 bits per heavy atom. The van der Waals surface area contributed by atoms with Crippen molar-refractivity contribution in [2.75, 3.05) is 0 Å². The van der Waals surface area contributed by atoms with Gasteiger partial charge in [-0.25, -0.2) is 0 Å². The lowest BCUT2D eigenvalue weighted by molar-refractivity contribution is 0.199. The molecule has 0 radical (unpaired) electrons. The van der Waals surface area contributed by atoms with Gasteiger partial charge >= 0.3 is 0 Å². The van der Waals surface area contributed by atoms with Gasteiger partial charge in [-0.05, 0) is 24.6 Å². The molecular formula is C12H12ClNO2S. The largest absolute Gasteiger partial charge is 0.486 e. The van der Waals surface area contributed by atoms with Gasteiger partial charge in [0.2, 0.25) is 0 Å². The zero-order chi connectivity index (χ0) is 12.3. The van der Waals surface area contributed by atoms with Gasteiger partial charge in [0, 0.05) is 6.20 Å². The monoisotopic (exact) mass is 269 g/mol. The van der Waals surface area contributed by atoms with Crippen LogP contribution in [0.15, 0.2) is 29.9 Å². The van der Waals surface area contributed by atoms with E-state index in [0.29, 0.717) is 17.4 Å². The van der Waals surface area contributed by atoms with Crippen LogP contribution >= 0.6 is 22.9 Å². The lowest BCUT2D eigenvalue weighted by atomic mass is 10.1. The third kappa shape index (κ3) is 3.19. The minimum atomic E-state index is -0.525. The minimum Gasteiger partial charge on any atom is -0.486 e. The lowest BCUT2D eigenvalue weighted by Crippen LogP contribution is -1.96. The molecule has 5 heteroatoms. The molecule has 3 nitrogen and oxygen atoms in total. The summed E-state index contributed by atoms with van der Waals surface area (Å²) >= 11 is 7.60. The van der Waals surface area contributed by atoms with Crippen LogP contribution in [0.3, 0.4) is 0 Å². The van der Waals surface area contributed by atoms with Crippen molar-refractivity contribution < 1.29 is 9.84 Å². The number of thiazole rings is 1. The molecule has 1 N–H and O–H groups in total. The maximum absolute atomic E-state index is 9.41. The smallest absolute Gasteiger partial charge is 0.138 e. The van der Waals surface area contributed by atoms with Crippen molar-refractivity contribution in [3.05, 3.63) is 45.4 Å². The van der Waals surface area contributed by atoms with E-state index in [1.54, 1.807) is 36.8 Å². The molecule has 1 atom stereocenters. The Labute approximate surface area is 109 Å². The van der Waals surface area contributed by atoms with Crippen LogP contribution in [0.4, 0.5) is 0 Å². The number of aliphatic hydroxyl groups excluding tert-OH is 1. The lowest BCUT2D eigenvalue weighted by Gasteiger charge is -2.10. The fraction of sp³-hybridized carbons (Fsp3) is 0.250. The van der Waals surface area contributed by atoms with Crippen molar-refractivity contribution >= 4 is 22.9 Å². The van der Waals surface area contributed by atoms with Gasteiger partial charge in [0.25, 0.3) is 0 Å². The molecule has 0 bridgehead atoms. The molecule has 0 aliphatic carbocycles. The van der Waals surface area contributed by atoms with Gasteiger partial charge in [-0.3, -0.25) is 4.98 Å². The Bertz CT molecular complexity index is 485. The fourth-order valence-electron chi connectivity index (χ4n) is 1.36. The molecule has 0 aliphatic heterocycles. The molecule has 2 rings (SSSR count). The highest BCUT2D eigenvalue weighted by Gasteiger charge is 2.07. The number of benzene rings is 1. The normalized spacial score (nSPS) is 12.4. The van der Waals surface area contributed by atoms with Gasteiger partial charge in [0.1, 0.15) is 12.4 Å². The Morgan fingerprint density at radius 3 is 2.94 bits per heavy atom. The molecule has 0 aliphatic rings. The third-order valence-corrected chi connectivity index (χ3v) is 3.34. The van der Waals surface area contributed by atoms with Gasteiger partial charge in [-0.2, -0.15) is 0 Å². The zero-order valence-corrected chi connectivity index (χ0v) is 10.8. The zero-order valence-electron chi connectivity index (χ0n) is 9.26. The average Bonchev–Trinajstić information content (AvgIpc) is 2.80. The number of aliphatic hydroxyl groups is 1. The second-order valence-corrected chi connectivity index (χ2v) is 5.00. The summed E-state index contributed by atoms with van der Waals surface area (Å²) in [7, 11) is 0. The maximum Gasteiger partial charge on any atom is 0.138 e. The summed E-state index contributed by atoms with van der Waals surface area (Å²) in [4.78, 5) is 5.01. The van der Waals surface area contributed by atoms with Crippen molar-refractivity contribution in [2.24, 2.45) is 0 Å². The average molecular weight is 270 g/mol. The first-order valence-electron chi connectivity index (χ1n) is 5.14. The van der Waals surface area contributed by atoms with Crippen LogP contribution in [0.5, 0.6) is 5.75 Å². The van der Waals surface area contributed by atoms with E-state index < -0.39 is 6.10 Å². The van der Waals surface area contributed by atoms with E-state index in [9.17, 15) is 5.11 Å². The van der Waals surface area contributed by atoms with Crippen LogP contribution in [0.2, 0.25) is 5.02 Å². The van der Waals surface area contributed by atoms with E-state index in [1.165, 1.54) is 11.3 Å². The van der Waals surface area contributed by atoms with Gasteiger partial charge in [-0.15, -0.1) is 11.3 Å². The molecule has 0 spiro atoms. The summed E-state index contributed by atoms with van der Waals surface area (Å²) in [6.45, 7) is 2.15. The SMILES string of the molecule is C[C@@H](O)c1ccc(OCc2cncs2)c(Cl)c1. The van der Waals surface area contributed by atoms with E-state index in [1.807, 2.05) is 0 Å². The summed E-state index contributed by atoms with van der Waals surface area (Å²) in [6.07, 6.45) is 1.24. The van der Waals surface area contributed by atoms with Crippen LogP contribution in [-0.4, -0.2) is 10.1 Å². The van der Waals surface area contributed by atoms with Crippen LogP contribution in [0.25, 0.3) is 0 Å². The first-order valence-corrected chi connectivity index (χ1v) is 6.40. The van der Waals surface area contributed by atoms with E-state index >= 15 is 0 Å². The molecule has 1 aromatic heterocycles. The number of hydrogen-bond donors (Lipinski definition) is 1. The van der Waals surface area contributed by atoms with Gasteiger partial charge in [0.15, 0.2) is 0 Å². The first-order chi connectivity index (χ1) is 8.16. The third-order valence-electron chi connectivity index (χ3n) is 2.29. The second kappa shape index (κ2) is 5.49. The van der Waals surface area contributed by atoms with Crippen molar-refractivity contribution in [1.29, 1.82) is 0 Å². The number of halogens is 1. The molecular weight excluding hydrogens is 258 g/mol. The molecule has 0 fully saturated rings. The Morgan fingerprint density at radius 2 is 2.35 bits per heavy atom. The van der Waals surface area contributed by atoms with Crippen LogP contribution in [-0.2, 0) is 6.61 Å². The minimum absolute atomic E-state index is 0.457. The van der Waals surface area contributed by atoms with Crippen molar-refractivity contribution in [1.82, 2.24) is 4.98 Å². The van der Waals surface area contributed by atoms with E-state index in [4.69, 9.17) is 16.3 Å². The summed E-state index contributed by atoms with van der Waals surface area (Å²) in [5, 5.41) is 9.92.